The van der Waals surface area contributed by atoms with Crippen molar-refractivity contribution in [1.29, 1.82) is 0 Å². The Morgan fingerprint density at radius 2 is 1.83 bits per heavy atom. The normalized spacial score (nSPS) is 13.4. The minimum atomic E-state index is -0.229. The number of hydrogen-bond acceptors (Lipinski definition) is 5. The smallest absolute Gasteiger partial charge is 0.274 e. The fraction of sp³-hybridized carbons (Fsp3) is 0.389. The summed E-state index contributed by atoms with van der Waals surface area (Å²) in [6, 6.07) is 21.0. The SMILES string of the molecule is CCNC(=O)c1noc(-c2cc(C(C)C)c(OCc3ccccc3)cc2C)c1-c1ccc2c(c1)CCN(CC(C)C)C2. The molecule has 0 atom stereocenters. The molecule has 1 N–H and O–H groups in total. The molecule has 0 fully saturated rings. The highest BCUT2D eigenvalue weighted by molar-refractivity contribution is 6.02. The molecule has 5 rings (SSSR count). The third kappa shape index (κ3) is 6.44. The van der Waals surface area contributed by atoms with E-state index in [-0.39, 0.29) is 11.8 Å². The van der Waals surface area contributed by atoms with Crippen molar-refractivity contribution in [2.24, 2.45) is 5.92 Å². The number of rotatable bonds is 10. The van der Waals surface area contributed by atoms with Crippen LogP contribution in [0.4, 0.5) is 0 Å². The standard InChI is InChI=1S/C36H43N3O3/c1-7-37-36(40)34-33(28-13-14-29-21-39(20-23(2)3)16-15-27(29)18-28)35(42-38-34)31-19-30(24(4)5)32(17-25(31)6)41-22-26-11-9-8-10-12-26/h8-14,17-19,23-24H,7,15-16,20-22H2,1-6H3,(H,37,40). The summed E-state index contributed by atoms with van der Waals surface area (Å²) in [4.78, 5) is 15.7. The summed E-state index contributed by atoms with van der Waals surface area (Å²) in [6.07, 6.45) is 0.983. The summed E-state index contributed by atoms with van der Waals surface area (Å²) < 4.78 is 12.4. The molecule has 4 aromatic rings. The second-order valence-corrected chi connectivity index (χ2v) is 12.1. The zero-order valence-corrected chi connectivity index (χ0v) is 25.8. The zero-order valence-electron chi connectivity index (χ0n) is 25.8. The number of carbonyl (C=O) groups excluding carboxylic acids is 1. The van der Waals surface area contributed by atoms with Gasteiger partial charge >= 0.3 is 0 Å². The van der Waals surface area contributed by atoms with Crippen LogP contribution in [-0.4, -0.2) is 35.6 Å². The van der Waals surface area contributed by atoms with E-state index in [9.17, 15) is 4.79 Å². The van der Waals surface area contributed by atoms with E-state index in [0.717, 1.165) is 65.2 Å². The van der Waals surface area contributed by atoms with E-state index in [0.29, 0.717) is 30.5 Å². The number of ether oxygens (including phenoxy) is 1. The van der Waals surface area contributed by atoms with Gasteiger partial charge in [-0.05, 0) is 77.6 Å². The molecule has 0 saturated carbocycles. The molecule has 220 valence electrons. The Morgan fingerprint density at radius 1 is 1.05 bits per heavy atom. The molecule has 42 heavy (non-hydrogen) atoms. The molecular weight excluding hydrogens is 522 g/mol. The van der Waals surface area contributed by atoms with Gasteiger partial charge in [-0.15, -0.1) is 0 Å². The lowest BCUT2D eigenvalue weighted by Gasteiger charge is -2.30. The van der Waals surface area contributed by atoms with Crippen molar-refractivity contribution in [3.63, 3.8) is 0 Å². The van der Waals surface area contributed by atoms with Gasteiger partial charge in [0.25, 0.3) is 5.91 Å². The van der Waals surface area contributed by atoms with Gasteiger partial charge in [-0.3, -0.25) is 9.69 Å². The van der Waals surface area contributed by atoms with E-state index in [1.54, 1.807) is 0 Å². The van der Waals surface area contributed by atoms with Gasteiger partial charge in [0, 0.05) is 31.7 Å². The average Bonchev–Trinajstić information content (AvgIpc) is 3.41. The van der Waals surface area contributed by atoms with E-state index in [2.05, 4.69) is 92.5 Å². The van der Waals surface area contributed by atoms with Crippen LogP contribution in [0.1, 0.15) is 78.8 Å². The predicted molar refractivity (Wildman–Crippen MR) is 169 cm³/mol. The molecule has 0 spiro atoms. The molecule has 1 aliphatic heterocycles. The van der Waals surface area contributed by atoms with Gasteiger partial charge < -0.3 is 14.6 Å². The van der Waals surface area contributed by atoms with Crippen molar-refractivity contribution in [2.45, 2.75) is 67.0 Å². The average molecular weight is 566 g/mol. The number of aromatic nitrogens is 1. The Bertz CT molecular complexity index is 1540. The number of fused-ring (bicyclic) bond motifs is 1. The number of nitrogens with one attached hydrogen (secondary N) is 1. The molecule has 2 heterocycles. The van der Waals surface area contributed by atoms with Crippen LogP contribution in [-0.2, 0) is 19.6 Å². The molecule has 1 aliphatic rings. The quantitative estimate of drug-likeness (QED) is 0.213. The lowest BCUT2D eigenvalue weighted by atomic mass is 9.90. The van der Waals surface area contributed by atoms with Crippen LogP contribution in [0, 0.1) is 12.8 Å². The van der Waals surface area contributed by atoms with Crippen LogP contribution in [0.5, 0.6) is 5.75 Å². The first kappa shape index (κ1) is 29.6. The van der Waals surface area contributed by atoms with Crippen LogP contribution >= 0.6 is 0 Å². The molecule has 0 saturated heterocycles. The van der Waals surface area contributed by atoms with Crippen LogP contribution in [0.3, 0.4) is 0 Å². The van der Waals surface area contributed by atoms with Gasteiger partial charge in [-0.1, -0.05) is 81.4 Å². The largest absolute Gasteiger partial charge is 0.489 e. The van der Waals surface area contributed by atoms with Gasteiger partial charge in [0.1, 0.15) is 12.4 Å². The molecule has 0 unspecified atom stereocenters. The number of carbonyl (C=O) groups is 1. The summed E-state index contributed by atoms with van der Waals surface area (Å²) in [5.74, 6) is 2.11. The first-order valence-corrected chi connectivity index (χ1v) is 15.2. The van der Waals surface area contributed by atoms with Crippen molar-refractivity contribution in [1.82, 2.24) is 15.4 Å². The van der Waals surface area contributed by atoms with Crippen molar-refractivity contribution in [3.05, 3.63) is 94.2 Å². The van der Waals surface area contributed by atoms with Crippen molar-refractivity contribution in [3.8, 4) is 28.2 Å². The molecular formula is C36H43N3O3. The minimum Gasteiger partial charge on any atom is -0.489 e. The van der Waals surface area contributed by atoms with Gasteiger partial charge in [-0.25, -0.2) is 0 Å². The number of nitrogens with zero attached hydrogens (tertiary/aromatic N) is 2. The second kappa shape index (κ2) is 13.0. The van der Waals surface area contributed by atoms with E-state index in [1.807, 2.05) is 25.1 Å². The Balaban J connectivity index is 1.56. The predicted octanol–water partition coefficient (Wildman–Crippen LogP) is 7.78. The van der Waals surface area contributed by atoms with Crippen LogP contribution in [0.2, 0.25) is 0 Å². The molecule has 6 heteroatoms. The zero-order chi connectivity index (χ0) is 29.8. The van der Waals surface area contributed by atoms with Crippen molar-refractivity contribution < 1.29 is 14.1 Å². The Labute approximate surface area is 250 Å². The monoisotopic (exact) mass is 565 g/mol. The van der Waals surface area contributed by atoms with E-state index in [1.165, 1.54) is 11.1 Å². The Kier molecular flexibility index (Phi) is 9.12. The number of aryl methyl sites for hydroxylation is 1. The van der Waals surface area contributed by atoms with Crippen LogP contribution in [0.25, 0.3) is 22.5 Å². The summed E-state index contributed by atoms with van der Waals surface area (Å²) in [5.41, 5.74) is 8.82. The van der Waals surface area contributed by atoms with E-state index >= 15 is 0 Å². The van der Waals surface area contributed by atoms with Crippen molar-refractivity contribution in [2.75, 3.05) is 19.6 Å². The number of hydrogen-bond donors (Lipinski definition) is 1. The second-order valence-electron chi connectivity index (χ2n) is 12.1. The highest BCUT2D eigenvalue weighted by atomic mass is 16.5. The van der Waals surface area contributed by atoms with Gasteiger partial charge in [0.2, 0.25) is 0 Å². The van der Waals surface area contributed by atoms with Gasteiger partial charge in [0.15, 0.2) is 11.5 Å². The lowest BCUT2D eigenvalue weighted by Crippen LogP contribution is -2.33. The highest BCUT2D eigenvalue weighted by Crippen LogP contribution is 2.41. The van der Waals surface area contributed by atoms with E-state index < -0.39 is 0 Å². The van der Waals surface area contributed by atoms with Gasteiger partial charge in [-0.2, -0.15) is 0 Å². The summed E-state index contributed by atoms with van der Waals surface area (Å²) >= 11 is 0. The molecule has 0 radical (unpaired) electrons. The first-order chi connectivity index (χ1) is 20.2. The van der Waals surface area contributed by atoms with E-state index in [4.69, 9.17) is 9.26 Å². The maximum absolute atomic E-state index is 13.2. The highest BCUT2D eigenvalue weighted by Gasteiger charge is 2.27. The summed E-state index contributed by atoms with van der Waals surface area (Å²) in [7, 11) is 0. The topological polar surface area (TPSA) is 67.6 Å². The third-order valence-electron chi connectivity index (χ3n) is 7.91. The molecule has 0 bridgehead atoms. The Hall–Kier alpha value is -3.90. The fourth-order valence-corrected chi connectivity index (χ4v) is 5.83. The maximum atomic E-state index is 13.2. The first-order valence-electron chi connectivity index (χ1n) is 15.2. The van der Waals surface area contributed by atoms with Crippen molar-refractivity contribution >= 4 is 5.91 Å². The molecule has 1 amide bonds. The summed E-state index contributed by atoms with van der Waals surface area (Å²) in [5, 5.41) is 7.25. The minimum absolute atomic E-state index is 0.224. The fourth-order valence-electron chi connectivity index (χ4n) is 5.83. The van der Waals surface area contributed by atoms with Gasteiger partial charge in [0.05, 0.1) is 5.56 Å². The maximum Gasteiger partial charge on any atom is 0.274 e. The third-order valence-corrected chi connectivity index (χ3v) is 7.91. The molecule has 6 nitrogen and oxygen atoms in total. The number of amides is 1. The van der Waals surface area contributed by atoms with Crippen LogP contribution in [0.15, 0.2) is 65.2 Å². The summed E-state index contributed by atoms with van der Waals surface area (Å²) in [6.45, 7) is 16.9. The number of benzene rings is 3. The molecule has 1 aromatic heterocycles. The Morgan fingerprint density at radius 3 is 2.55 bits per heavy atom. The molecule has 0 aliphatic carbocycles. The van der Waals surface area contributed by atoms with Crippen LogP contribution < -0.4 is 10.1 Å². The molecule has 3 aromatic carbocycles. The lowest BCUT2D eigenvalue weighted by molar-refractivity contribution is 0.0947.